The van der Waals surface area contributed by atoms with Gasteiger partial charge in [-0.1, -0.05) is 37.6 Å². The minimum atomic E-state index is -1.06. The van der Waals surface area contributed by atoms with Crippen LogP contribution >= 0.6 is 0 Å². The lowest BCUT2D eigenvalue weighted by Crippen LogP contribution is -2.34. The summed E-state index contributed by atoms with van der Waals surface area (Å²) in [6.45, 7) is 7.67. The van der Waals surface area contributed by atoms with Crippen molar-refractivity contribution in [3.8, 4) is 0 Å². The molecule has 24 heavy (non-hydrogen) atoms. The molecular formula is C20H30O4. The zero-order valence-corrected chi connectivity index (χ0v) is 15.2. The first-order valence-electron chi connectivity index (χ1n) is 8.84. The average Bonchev–Trinajstić information content (AvgIpc) is 2.81. The molecule has 1 heterocycles. The molecule has 1 aliphatic heterocycles. The normalized spacial score (nSPS) is 38.8. The van der Waals surface area contributed by atoms with E-state index < -0.39 is 11.2 Å². The van der Waals surface area contributed by atoms with Gasteiger partial charge in [0.2, 0.25) is 0 Å². The summed E-state index contributed by atoms with van der Waals surface area (Å²) in [5.74, 6) is -0.293. The molecule has 0 amide bonds. The van der Waals surface area contributed by atoms with Gasteiger partial charge in [0, 0.05) is 12.0 Å². The minimum Gasteiger partial charge on any atom is -0.454 e. The molecule has 0 spiro atoms. The lowest BCUT2D eigenvalue weighted by Gasteiger charge is -2.30. The van der Waals surface area contributed by atoms with Crippen molar-refractivity contribution in [2.45, 2.75) is 77.1 Å². The smallest absolute Gasteiger partial charge is 0.334 e. The van der Waals surface area contributed by atoms with E-state index >= 15 is 0 Å². The number of allylic oxidation sites excluding steroid dienone is 1. The predicted molar refractivity (Wildman–Crippen MR) is 94.4 cm³/mol. The van der Waals surface area contributed by atoms with Crippen LogP contribution in [0.25, 0.3) is 0 Å². The summed E-state index contributed by atoms with van der Waals surface area (Å²) < 4.78 is 5.42. The van der Waals surface area contributed by atoms with Crippen molar-refractivity contribution in [3.05, 3.63) is 35.5 Å². The van der Waals surface area contributed by atoms with Crippen LogP contribution in [0.2, 0.25) is 0 Å². The second-order valence-electron chi connectivity index (χ2n) is 7.77. The first-order chi connectivity index (χ1) is 11.1. The van der Waals surface area contributed by atoms with E-state index in [0.29, 0.717) is 31.3 Å². The van der Waals surface area contributed by atoms with Crippen molar-refractivity contribution in [2.24, 2.45) is 5.92 Å². The summed E-state index contributed by atoms with van der Waals surface area (Å²) in [4.78, 5) is 12.0. The van der Waals surface area contributed by atoms with Gasteiger partial charge in [-0.3, -0.25) is 0 Å². The van der Waals surface area contributed by atoms with Crippen LogP contribution < -0.4 is 0 Å². The first-order valence-corrected chi connectivity index (χ1v) is 8.84. The molecule has 0 aromatic heterocycles. The standard InChI is InChI=1S/C20H30O4/c1-14(2)20(23)9-7-16-13-17(24-18(16)21)12-15(3)6-5-8-19(4,22)10-11-20/h6,10-11,13-14,17,22-23H,5,7-9,12H2,1-4H3/b11-10+,15-6+/t17-,19-,20-/m0/s1. The largest absolute Gasteiger partial charge is 0.454 e. The molecule has 4 nitrogen and oxygen atoms in total. The Bertz CT molecular complexity index is 568. The molecule has 2 N–H and O–H groups in total. The second kappa shape index (κ2) is 7.24. The fraction of sp³-hybridized carbons (Fsp3) is 0.650. The molecule has 3 atom stereocenters. The third kappa shape index (κ3) is 4.81. The lowest BCUT2D eigenvalue weighted by atomic mass is 9.82. The summed E-state index contributed by atoms with van der Waals surface area (Å²) >= 11 is 0. The Morgan fingerprint density at radius 3 is 2.62 bits per heavy atom. The lowest BCUT2D eigenvalue weighted by molar-refractivity contribution is -0.139. The maximum atomic E-state index is 12.0. The van der Waals surface area contributed by atoms with Gasteiger partial charge in [0.25, 0.3) is 0 Å². The fourth-order valence-electron chi connectivity index (χ4n) is 3.14. The minimum absolute atomic E-state index is 0.0200. The van der Waals surface area contributed by atoms with Gasteiger partial charge >= 0.3 is 5.97 Å². The number of aliphatic hydroxyl groups is 2. The highest BCUT2D eigenvalue weighted by Crippen LogP contribution is 2.31. The number of carbonyl (C=O) groups excluding carboxylic acids is 1. The first kappa shape index (κ1) is 18.9. The van der Waals surface area contributed by atoms with E-state index in [1.165, 1.54) is 0 Å². The highest BCUT2D eigenvalue weighted by molar-refractivity contribution is 5.90. The third-order valence-corrected chi connectivity index (χ3v) is 5.10. The SMILES string of the molecule is C/C1=C\CC[C@](C)(O)/C=C/[C@](O)(C(C)C)CCC2=C[C@H](C1)OC2=O. The number of fused-ring (bicyclic) bond motifs is 1. The number of hydrogen-bond acceptors (Lipinski definition) is 4. The number of esters is 1. The van der Waals surface area contributed by atoms with Gasteiger partial charge in [0.05, 0.1) is 11.2 Å². The molecule has 1 aliphatic carbocycles. The van der Waals surface area contributed by atoms with Crippen LogP contribution in [0, 0.1) is 5.92 Å². The van der Waals surface area contributed by atoms with Crippen LogP contribution in [0.3, 0.4) is 0 Å². The van der Waals surface area contributed by atoms with Crippen molar-refractivity contribution in [1.82, 2.24) is 0 Å². The molecule has 2 aliphatic rings. The molecule has 134 valence electrons. The van der Waals surface area contributed by atoms with Gasteiger partial charge in [-0.15, -0.1) is 0 Å². The Morgan fingerprint density at radius 1 is 1.25 bits per heavy atom. The molecular weight excluding hydrogens is 304 g/mol. The molecule has 0 unspecified atom stereocenters. The van der Waals surface area contributed by atoms with Crippen LogP contribution in [0.15, 0.2) is 35.5 Å². The molecule has 4 heteroatoms. The Morgan fingerprint density at radius 2 is 1.96 bits per heavy atom. The van der Waals surface area contributed by atoms with Crippen molar-refractivity contribution in [3.63, 3.8) is 0 Å². The van der Waals surface area contributed by atoms with Crippen LogP contribution in [0.5, 0.6) is 0 Å². The monoisotopic (exact) mass is 334 g/mol. The quantitative estimate of drug-likeness (QED) is 0.569. The van der Waals surface area contributed by atoms with Crippen molar-refractivity contribution in [1.29, 1.82) is 0 Å². The highest BCUT2D eigenvalue weighted by atomic mass is 16.5. The Labute approximate surface area is 144 Å². The molecule has 0 fully saturated rings. The summed E-state index contributed by atoms with van der Waals surface area (Å²) in [7, 11) is 0. The van der Waals surface area contributed by atoms with Crippen LogP contribution in [0.1, 0.15) is 59.8 Å². The van der Waals surface area contributed by atoms with Crippen LogP contribution in [-0.4, -0.2) is 33.5 Å². The van der Waals surface area contributed by atoms with Crippen molar-refractivity contribution >= 4 is 5.97 Å². The van der Waals surface area contributed by atoms with Crippen molar-refractivity contribution in [2.75, 3.05) is 0 Å². The van der Waals surface area contributed by atoms with Gasteiger partial charge in [-0.2, -0.15) is 0 Å². The topological polar surface area (TPSA) is 66.8 Å². The number of ether oxygens (including phenoxy) is 1. The van der Waals surface area contributed by atoms with Gasteiger partial charge < -0.3 is 14.9 Å². The summed E-state index contributed by atoms with van der Waals surface area (Å²) in [6.07, 6.45) is 10.1. The molecule has 2 rings (SSSR count). The van der Waals surface area contributed by atoms with E-state index in [2.05, 4.69) is 6.08 Å². The summed E-state index contributed by atoms with van der Waals surface area (Å²) in [5.41, 5.74) is -0.224. The van der Waals surface area contributed by atoms with Crippen LogP contribution in [0.4, 0.5) is 0 Å². The maximum Gasteiger partial charge on any atom is 0.334 e. The predicted octanol–water partition coefficient (Wildman–Crippen LogP) is 3.44. The Kier molecular flexibility index (Phi) is 5.71. The molecule has 2 bridgehead atoms. The summed E-state index contributed by atoms with van der Waals surface area (Å²) in [6, 6.07) is 0. The fourth-order valence-corrected chi connectivity index (χ4v) is 3.14. The molecule has 0 aromatic rings. The Balaban J connectivity index is 2.30. The number of carbonyl (C=O) groups is 1. The van der Waals surface area contributed by atoms with E-state index in [9.17, 15) is 15.0 Å². The van der Waals surface area contributed by atoms with E-state index in [0.717, 1.165) is 12.0 Å². The van der Waals surface area contributed by atoms with E-state index in [1.54, 1.807) is 19.1 Å². The molecule has 0 radical (unpaired) electrons. The van der Waals surface area contributed by atoms with Gasteiger partial charge in [-0.05, 0) is 51.5 Å². The summed E-state index contributed by atoms with van der Waals surface area (Å²) in [5, 5.41) is 21.5. The third-order valence-electron chi connectivity index (χ3n) is 5.10. The highest BCUT2D eigenvalue weighted by Gasteiger charge is 2.32. The zero-order chi connectivity index (χ0) is 18.0. The van der Waals surface area contributed by atoms with E-state index in [1.807, 2.05) is 26.8 Å². The van der Waals surface area contributed by atoms with E-state index in [-0.39, 0.29) is 18.0 Å². The molecule has 0 saturated heterocycles. The van der Waals surface area contributed by atoms with Gasteiger partial charge in [-0.25, -0.2) is 4.79 Å². The van der Waals surface area contributed by atoms with Gasteiger partial charge in [0.15, 0.2) is 0 Å². The Hall–Kier alpha value is -1.39. The second-order valence-corrected chi connectivity index (χ2v) is 7.77. The molecule has 0 aromatic carbocycles. The molecule has 0 saturated carbocycles. The average molecular weight is 334 g/mol. The van der Waals surface area contributed by atoms with Gasteiger partial charge in [0.1, 0.15) is 6.10 Å². The van der Waals surface area contributed by atoms with Crippen LogP contribution in [-0.2, 0) is 9.53 Å². The number of hydrogen-bond donors (Lipinski definition) is 2. The number of rotatable bonds is 1. The van der Waals surface area contributed by atoms with Crippen molar-refractivity contribution < 1.29 is 19.7 Å². The van der Waals surface area contributed by atoms with E-state index in [4.69, 9.17) is 4.74 Å². The zero-order valence-electron chi connectivity index (χ0n) is 15.2. The maximum absolute atomic E-state index is 12.0.